The summed E-state index contributed by atoms with van der Waals surface area (Å²) in [4.78, 5) is 18.7. The van der Waals surface area contributed by atoms with Gasteiger partial charge in [0.15, 0.2) is 15.0 Å². The highest BCUT2D eigenvalue weighted by atomic mass is 32.2. The van der Waals surface area contributed by atoms with Gasteiger partial charge < -0.3 is 9.64 Å². The SMILES string of the molecule is COc1ccccc1CC(=O)N=C1S[C@@H]2CS(=O)(=O)C[C@H]2N1c1ccc(C)c(F)c1. The molecule has 2 aromatic rings. The molecule has 2 saturated heterocycles. The number of amides is 1. The van der Waals surface area contributed by atoms with Crippen molar-refractivity contribution < 1.29 is 22.3 Å². The number of sulfone groups is 1. The molecule has 0 saturated carbocycles. The maximum absolute atomic E-state index is 14.2. The second kappa shape index (κ2) is 8.03. The predicted molar refractivity (Wildman–Crippen MR) is 117 cm³/mol. The Morgan fingerprint density at radius 3 is 2.77 bits per heavy atom. The lowest BCUT2D eigenvalue weighted by atomic mass is 10.1. The Bertz CT molecular complexity index is 1130. The summed E-state index contributed by atoms with van der Waals surface area (Å²) in [7, 11) is -1.65. The summed E-state index contributed by atoms with van der Waals surface area (Å²) in [5, 5.41) is 0.167. The van der Waals surface area contributed by atoms with Crippen molar-refractivity contribution in [2.24, 2.45) is 4.99 Å². The first-order chi connectivity index (χ1) is 14.3. The minimum absolute atomic E-state index is 0.0207. The number of carbonyl (C=O) groups excluding carboxylic acids is 1. The highest BCUT2D eigenvalue weighted by Gasteiger charge is 2.49. The van der Waals surface area contributed by atoms with E-state index in [1.54, 1.807) is 36.1 Å². The molecule has 30 heavy (non-hydrogen) atoms. The van der Waals surface area contributed by atoms with Crippen LogP contribution in [-0.4, -0.2) is 49.4 Å². The van der Waals surface area contributed by atoms with Crippen LogP contribution in [0.5, 0.6) is 5.75 Å². The summed E-state index contributed by atoms with van der Waals surface area (Å²) in [5.41, 5.74) is 1.71. The van der Waals surface area contributed by atoms with Crippen molar-refractivity contribution in [1.82, 2.24) is 0 Å². The van der Waals surface area contributed by atoms with Crippen molar-refractivity contribution in [3.05, 3.63) is 59.4 Å². The summed E-state index contributed by atoms with van der Waals surface area (Å²) < 4.78 is 43.8. The smallest absolute Gasteiger partial charge is 0.252 e. The van der Waals surface area contributed by atoms with Crippen molar-refractivity contribution in [2.75, 3.05) is 23.5 Å². The zero-order chi connectivity index (χ0) is 21.5. The molecule has 0 radical (unpaired) electrons. The van der Waals surface area contributed by atoms with Crippen LogP contribution in [0.15, 0.2) is 47.5 Å². The Morgan fingerprint density at radius 2 is 2.03 bits per heavy atom. The van der Waals surface area contributed by atoms with E-state index in [1.807, 2.05) is 12.1 Å². The largest absolute Gasteiger partial charge is 0.496 e. The average Bonchev–Trinajstić information content (AvgIpc) is 3.15. The van der Waals surface area contributed by atoms with E-state index in [0.29, 0.717) is 27.7 Å². The second-order valence-corrected chi connectivity index (χ2v) is 10.7. The number of nitrogens with zero attached hydrogens (tertiary/aromatic N) is 2. The number of anilines is 1. The Labute approximate surface area is 179 Å². The first-order valence-corrected chi connectivity index (χ1v) is 12.1. The van der Waals surface area contributed by atoms with Crippen LogP contribution >= 0.6 is 11.8 Å². The Hall–Kier alpha value is -2.39. The van der Waals surface area contributed by atoms with Gasteiger partial charge in [-0.15, -0.1) is 0 Å². The number of methoxy groups -OCH3 is 1. The third-order valence-corrected chi connectivity index (χ3v) is 8.46. The predicted octanol–water partition coefficient (Wildman–Crippen LogP) is 2.99. The van der Waals surface area contributed by atoms with Gasteiger partial charge in [-0.3, -0.25) is 4.79 Å². The molecule has 2 fully saturated rings. The Balaban J connectivity index is 1.66. The van der Waals surface area contributed by atoms with Crippen LogP contribution in [0.2, 0.25) is 0 Å². The fourth-order valence-corrected chi connectivity index (χ4v) is 7.69. The molecule has 0 N–H and O–H groups in total. The quantitative estimate of drug-likeness (QED) is 0.716. The summed E-state index contributed by atoms with van der Waals surface area (Å²) in [6.07, 6.45) is 0.0534. The fourth-order valence-electron chi connectivity index (χ4n) is 3.76. The number of carbonyl (C=O) groups is 1. The minimum atomic E-state index is -3.19. The van der Waals surface area contributed by atoms with Crippen LogP contribution in [0.1, 0.15) is 11.1 Å². The minimum Gasteiger partial charge on any atom is -0.496 e. The number of hydrogen-bond donors (Lipinski definition) is 0. The third-order valence-electron chi connectivity index (χ3n) is 5.25. The van der Waals surface area contributed by atoms with Gasteiger partial charge in [0.05, 0.1) is 31.1 Å². The molecule has 2 heterocycles. The molecule has 1 amide bonds. The third kappa shape index (κ3) is 4.09. The summed E-state index contributed by atoms with van der Waals surface area (Å²) >= 11 is 1.27. The Morgan fingerprint density at radius 1 is 1.27 bits per heavy atom. The summed E-state index contributed by atoms with van der Waals surface area (Å²) in [6, 6.07) is 11.6. The Kier molecular flexibility index (Phi) is 5.59. The number of rotatable bonds is 4. The second-order valence-electron chi connectivity index (χ2n) is 7.38. The van der Waals surface area contributed by atoms with Crippen molar-refractivity contribution in [2.45, 2.75) is 24.6 Å². The number of benzene rings is 2. The molecule has 158 valence electrons. The lowest BCUT2D eigenvalue weighted by Gasteiger charge is -2.24. The molecule has 0 spiro atoms. The first-order valence-electron chi connectivity index (χ1n) is 9.43. The number of amidine groups is 1. The number of thioether (sulfide) groups is 1. The molecule has 0 aromatic heterocycles. The molecule has 2 aliphatic heterocycles. The number of hydrogen-bond acceptors (Lipinski definition) is 5. The first kappa shape index (κ1) is 20.9. The van der Waals surface area contributed by atoms with E-state index in [4.69, 9.17) is 4.74 Å². The van der Waals surface area contributed by atoms with Gasteiger partial charge in [0.1, 0.15) is 11.6 Å². The van der Waals surface area contributed by atoms with Crippen LogP contribution in [0.3, 0.4) is 0 Å². The van der Waals surface area contributed by atoms with Gasteiger partial charge >= 0.3 is 0 Å². The molecule has 2 aromatic carbocycles. The number of ether oxygens (including phenoxy) is 1. The summed E-state index contributed by atoms with van der Waals surface area (Å²) in [5.74, 6) is -0.179. The van der Waals surface area contributed by atoms with Gasteiger partial charge in [0, 0.05) is 16.5 Å². The van der Waals surface area contributed by atoms with Crippen LogP contribution in [0.4, 0.5) is 10.1 Å². The van der Waals surface area contributed by atoms with Gasteiger partial charge in [-0.1, -0.05) is 36.0 Å². The molecule has 2 atom stereocenters. The van der Waals surface area contributed by atoms with Gasteiger partial charge in [-0.25, -0.2) is 12.8 Å². The fraction of sp³-hybridized carbons (Fsp3) is 0.333. The van der Waals surface area contributed by atoms with Gasteiger partial charge in [-0.05, 0) is 30.7 Å². The van der Waals surface area contributed by atoms with Crippen LogP contribution in [-0.2, 0) is 21.1 Å². The molecule has 6 nitrogen and oxygen atoms in total. The molecule has 4 rings (SSSR count). The lowest BCUT2D eigenvalue weighted by molar-refractivity contribution is -0.117. The average molecular weight is 449 g/mol. The highest BCUT2D eigenvalue weighted by Crippen LogP contribution is 2.41. The van der Waals surface area contributed by atoms with Crippen molar-refractivity contribution in [1.29, 1.82) is 0 Å². The number of fused-ring (bicyclic) bond motifs is 1. The summed E-state index contributed by atoms with van der Waals surface area (Å²) in [6.45, 7) is 1.66. The van der Waals surface area contributed by atoms with Gasteiger partial charge in [-0.2, -0.15) is 4.99 Å². The lowest BCUT2D eigenvalue weighted by Crippen LogP contribution is -2.37. The molecule has 0 bridgehead atoms. The highest BCUT2D eigenvalue weighted by molar-refractivity contribution is 8.16. The van der Waals surface area contributed by atoms with E-state index < -0.39 is 9.84 Å². The topological polar surface area (TPSA) is 76.0 Å². The van der Waals surface area contributed by atoms with Crippen molar-refractivity contribution in [3.8, 4) is 5.75 Å². The van der Waals surface area contributed by atoms with E-state index in [-0.39, 0.29) is 40.9 Å². The van der Waals surface area contributed by atoms with Gasteiger partial charge in [0.2, 0.25) is 0 Å². The van der Waals surface area contributed by atoms with E-state index in [0.717, 1.165) is 0 Å². The molecule has 0 unspecified atom stereocenters. The number of halogens is 1. The van der Waals surface area contributed by atoms with E-state index in [1.165, 1.54) is 24.9 Å². The maximum atomic E-state index is 14.2. The van der Waals surface area contributed by atoms with E-state index >= 15 is 0 Å². The van der Waals surface area contributed by atoms with Crippen molar-refractivity contribution in [3.63, 3.8) is 0 Å². The van der Waals surface area contributed by atoms with Crippen LogP contribution in [0.25, 0.3) is 0 Å². The van der Waals surface area contributed by atoms with E-state index in [9.17, 15) is 17.6 Å². The molecular weight excluding hydrogens is 427 g/mol. The molecular formula is C21H21FN2O4S2. The van der Waals surface area contributed by atoms with E-state index in [2.05, 4.69) is 4.99 Å². The number of aliphatic imine (C=N–C) groups is 1. The normalized spacial score (nSPS) is 23.6. The van der Waals surface area contributed by atoms with Gasteiger partial charge in [0.25, 0.3) is 5.91 Å². The number of aryl methyl sites for hydroxylation is 1. The van der Waals surface area contributed by atoms with Crippen molar-refractivity contribution >= 4 is 38.4 Å². The number of para-hydroxylation sites is 1. The van der Waals surface area contributed by atoms with Crippen LogP contribution in [0, 0.1) is 12.7 Å². The molecule has 0 aliphatic carbocycles. The maximum Gasteiger partial charge on any atom is 0.252 e. The van der Waals surface area contributed by atoms with Crippen LogP contribution < -0.4 is 9.64 Å². The molecule has 2 aliphatic rings. The zero-order valence-electron chi connectivity index (χ0n) is 16.5. The monoisotopic (exact) mass is 448 g/mol. The molecule has 9 heteroatoms. The zero-order valence-corrected chi connectivity index (χ0v) is 18.2. The standard InChI is InChI=1S/C21H21FN2O4S2/c1-13-7-8-15(10-16(13)22)24-17-11-30(26,27)12-19(17)29-21(24)23-20(25)9-14-5-3-4-6-18(14)28-2/h3-8,10,17,19H,9,11-12H2,1-2H3/t17-,19-/m1/s1.